The Kier molecular flexibility index (Phi) is 3.59. The van der Waals surface area contributed by atoms with Crippen molar-refractivity contribution in [3.05, 3.63) is 46.3 Å². The topological polar surface area (TPSA) is 22.1 Å². The van der Waals surface area contributed by atoms with Gasteiger partial charge >= 0.3 is 0 Å². The molecule has 2 aromatic rings. The molecule has 0 unspecified atom stereocenters. The van der Waals surface area contributed by atoms with Crippen LogP contribution < -0.4 is 4.74 Å². The molecule has 0 saturated carbocycles. The van der Waals surface area contributed by atoms with Crippen molar-refractivity contribution in [1.82, 2.24) is 4.98 Å². The Morgan fingerprint density at radius 2 is 2.33 bits per heavy atom. The van der Waals surface area contributed by atoms with Crippen molar-refractivity contribution in [3.8, 4) is 5.88 Å². The predicted molar refractivity (Wildman–Crippen MR) is 62.4 cm³/mol. The van der Waals surface area contributed by atoms with E-state index < -0.39 is 0 Å². The Morgan fingerprint density at radius 3 is 3.07 bits per heavy atom. The van der Waals surface area contributed by atoms with Gasteiger partial charge in [0.1, 0.15) is 6.61 Å². The van der Waals surface area contributed by atoms with E-state index in [0.29, 0.717) is 18.4 Å². The van der Waals surface area contributed by atoms with Gasteiger partial charge in [0.05, 0.1) is 0 Å². The van der Waals surface area contributed by atoms with E-state index in [4.69, 9.17) is 16.3 Å². The van der Waals surface area contributed by atoms with Crippen molar-refractivity contribution in [2.75, 3.05) is 0 Å². The van der Waals surface area contributed by atoms with Gasteiger partial charge in [-0.05, 0) is 23.1 Å². The molecule has 0 radical (unpaired) electrons. The second-order valence-electron chi connectivity index (χ2n) is 3.00. The molecular weight excluding hydrogens is 230 g/mol. The minimum Gasteiger partial charge on any atom is -0.472 e. The van der Waals surface area contributed by atoms with E-state index in [0.717, 1.165) is 5.56 Å². The number of alkyl halides is 1. The van der Waals surface area contributed by atoms with E-state index in [1.54, 1.807) is 17.5 Å². The number of hydrogen-bond acceptors (Lipinski definition) is 3. The molecule has 2 aromatic heterocycles. The number of aromatic nitrogens is 1. The average Bonchev–Trinajstić information content (AvgIpc) is 2.79. The van der Waals surface area contributed by atoms with Crippen LogP contribution in [0.3, 0.4) is 0 Å². The maximum atomic E-state index is 5.72. The second-order valence-corrected chi connectivity index (χ2v) is 4.30. The summed E-state index contributed by atoms with van der Waals surface area (Å²) in [5.74, 6) is 1.11. The normalized spacial score (nSPS) is 10.2. The van der Waals surface area contributed by atoms with Crippen molar-refractivity contribution in [2.45, 2.75) is 12.5 Å². The maximum absolute atomic E-state index is 5.72. The van der Waals surface area contributed by atoms with E-state index >= 15 is 0 Å². The van der Waals surface area contributed by atoms with E-state index in [9.17, 15) is 0 Å². The monoisotopic (exact) mass is 239 g/mol. The molecule has 0 aliphatic rings. The van der Waals surface area contributed by atoms with Gasteiger partial charge in [0.25, 0.3) is 0 Å². The van der Waals surface area contributed by atoms with Crippen molar-refractivity contribution < 1.29 is 4.74 Å². The molecule has 0 aliphatic heterocycles. The van der Waals surface area contributed by atoms with Crippen LogP contribution in [0.15, 0.2) is 35.8 Å². The molecule has 0 aromatic carbocycles. The van der Waals surface area contributed by atoms with Crippen LogP contribution >= 0.6 is 22.9 Å². The smallest absolute Gasteiger partial charge is 0.213 e. The van der Waals surface area contributed by atoms with Crippen molar-refractivity contribution >= 4 is 22.9 Å². The molecule has 0 bridgehead atoms. The Morgan fingerprint density at radius 1 is 1.40 bits per heavy atom. The van der Waals surface area contributed by atoms with Gasteiger partial charge in [-0.15, -0.1) is 22.9 Å². The molecule has 2 nitrogen and oxygen atoms in total. The summed E-state index contributed by atoms with van der Waals surface area (Å²) in [6, 6.07) is 7.79. The first-order valence-corrected chi connectivity index (χ1v) is 5.96. The van der Waals surface area contributed by atoms with Gasteiger partial charge in [0, 0.05) is 23.0 Å². The lowest BCUT2D eigenvalue weighted by atomic mass is 10.3. The van der Waals surface area contributed by atoms with Gasteiger partial charge in [0.2, 0.25) is 5.88 Å². The van der Waals surface area contributed by atoms with Crippen LogP contribution in [0.25, 0.3) is 0 Å². The van der Waals surface area contributed by atoms with Crippen molar-refractivity contribution in [1.29, 1.82) is 0 Å². The molecule has 0 fully saturated rings. The first-order valence-electron chi connectivity index (χ1n) is 4.54. The molecule has 0 saturated heterocycles. The van der Waals surface area contributed by atoms with Crippen molar-refractivity contribution in [3.63, 3.8) is 0 Å². The van der Waals surface area contributed by atoms with E-state index in [1.165, 1.54) is 4.88 Å². The van der Waals surface area contributed by atoms with Gasteiger partial charge < -0.3 is 4.74 Å². The lowest BCUT2D eigenvalue weighted by molar-refractivity contribution is 0.297. The summed E-state index contributed by atoms with van der Waals surface area (Å²) in [4.78, 5) is 5.30. The Hall–Kier alpha value is -1.06. The van der Waals surface area contributed by atoms with Crippen LogP contribution in [-0.2, 0) is 12.5 Å². The lowest BCUT2D eigenvalue weighted by Crippen LogP contribution is -1.95. The third-order valence-electron chi connectivity index (χ3n) is 1.90. The Labute approximate surface area is 97.5 Å². The van der Waals surface area contributed by atoms with E-state index in [1.807, 2.05) is 29.6 Å². The lowest BCUT2D eigenvalue weighted by Gasteiger charge is -2.04. The highest BCUT2D eigenvalue weighted by molar-refractivity contribution is 7.09. The van der Waals surface area contributed by atoms with E-state index in [-0.39, 0.29) is 0 Å². The summed E-state index contributed by atoms with van der Waals surface area (Å²) < 4.78 is 5.53. The minimum absolute atomic E-state index is 0.484. The van der Waals surface area contributed by atoms with Gasteiger partial charge in [-0.3, -0.25) is 0 Å². The van der Waals surface area contributed by atoms with Crippen LogP contribution in [0, 0.1) is 0 Å². The zero-order valence-corrected chi connectivity index (χ0v) is 9.59. The molecule has 78 valence electrons. The minimum atomic E-state index is 0.484. The number of ether oxygens (including phenoxy) is 1. The van der Waals surface area contributed by atoms with Crippen LogP contribution in [0.2, 0.25) is 0 Å². The zero-order valence-electron chi connectivity index (χ0n) is 8.02. The highest BCUT2D eigenvalue weighted by Crippen LogP contribution is 2.15. The quantitative estimate of drug-likeness (QED) is 0.763. The summed E-state index contributed by atoms with van der Waals surface area (Å²) in [6.45, 7) is 0.566. The summed E-state index contributed by atoms with van der Waals surface area (Å²) in [5.41, 5.74) is 1.02. The summed E-state index contributed by atoms with van der Waals surface area (Å²) in [6.07, 6.45) is 1.71. The highest BCUT2D eigenvalue weighted by atomic mass is 35.5. The first kappa shape index (κ1) is 10.5. The molecule has 0 N–H and O–H groups in total. The Balaban J connectivity index is 1.98. The summed E-state index contributed by atoms with van der Waals surface area (Å²) in [5, 5.41) is 2.03. The molecule has 2 rings (SSSR count). The van der Waals surface area contributed by atoms with E-state index in [2.05, 4.69) is 4.98 Å². The molecule has 15 heavy (non-hydrogen) atoms. The molecule has 0 spiro atoms. The third kappa shape index (κ3) is 2.94. The number of halogens is 1. The predicted octanol–water partition coefficient (Wildman–Crippen LogP) is 3.46. The fourth-order valence-corrected chi connectivity index (χ4v) is 1.93. The second kappa shape index (κ2) is 5.14. The number of thiophene rings is 1. The van der Waals surface area contributed by atoms with Gasteiger partial charge in [0.15, 0.2) is 0 Å². The molecular formula is C11H10ClNOS. The van der Waals surface area contributed by atoms with Gasteiger partial charge in [-0.1, -0.05) is 6.07 Å². The Bertz CT molecular complexity index is 416. The summed E-state index contributed by atoms with van der Waals surface area (Å²) in [7, 11) is 0. The zero-order chi connectivity index (χ0) is 10.5. The molecule has 0 amide bonds. The first-order chi connectivity index (χ1) is 7.38. The fraction of sp³-hybridized carbons (Fsp3) is 0.182. The SMILES string of the molecule is ClCc1ccnc(OCc2cccs2)c1. The van der Waals surface area contributed by atoms with Crippen LogP contribution in [0.5, 0.6) is 5.88 Å². The highest BCUT2D eigenvalue weighted by Gasteiger charge is 1.99. The molecule has 2 heterocycles. The van der Waals surface area contributed by atoms with Crippen LogP contribution in [-0.4, -0.2) is 4.98 Å². The number of hydrogen-bond donors (Lipinski definition) is 0. The van der Waals surface area contributed by atoms with Crippen LogP contribution in [0.4, 0.5) is 0 Å². The molecule has 0 atom stereocenters. The van der Waals surface area contributed by atoms with Gasteiger partial charge in [-0.25, -0.2) is 4.98 Å². The largest absolute Gasteiger partial charge is 0.472 e. The third-order valence-corrected chi connectivity index (χ3v) is 3.05. The average molecular weight is 240 g/mol. The standard InChI is InChI=1S/C11H10ClNOS/c12-7-9-3-4-13-11(6-9)14-8-10-2-1-5-15-10/h1-6H,7-8H2. The molecule has 0 aliphatic carbocycles. The summed E-state index contributed by atoms with van der Waals surface area (Å²) >= 11 is 7.39. The number of pyridine rings is 1. The fourth-order valence-electron chi connectivity index (χ4n) is 1.15. The van der Waals surface area contributed by atoms with Crippen LogP contribution in [0.1, 0.15) is 10.4 Å². The number of nitrogens with zero attached hydrogens (tertiary/aromatic N) is 1. The van der Waals surface area contributed by atoms with Gasteiger partial charge in [-0.2, -0.15) is 0 Å². The molecule has 4 heteroatoms. The maximum Gasteiger partial charge on any atom is 0.213 e. The number of rotatable bonds is 4. The van der Waals surface area contributed by atoms with Crippen molar-refractivity contribution in [2.24, 2.45) is 0 Å².